The van der Waals surface area contributed by atoms with Crippen molar-refractivity contribution in [3.8, 4) is 0 Å². The van der Waals surface area contributed by atoms with Crippen molar-refractivity contribution >= 4 is 17.8 Å². The summed E-state index contributed by atoms with van der Waals surface area (Å²) in [5.41, 5.74) is 0.531. The predicted octanol–water partition coefficient (Wildman–Crippen LogP) is 3.33. The van der Waals surface area contributed by atoms with Crippen LogP contribution < -0.4 is 10.6 Å². The molecule has 0 fully saturated rings. The van der Waals surface area contributed by atoms with E-state index in [1.807, 2.05) is 37.4 Å². The summed E-state index contributed by atoms with van der Waals surface area (Å²) >= 11 is 1.68. The van der Waals surface area contributed by atoms with E-state index in [0.717, 1.165) is 11.3 Å². The molecule has 24 heavy (non-hydrogen) atoms. The normalized spacial score (nSPS) is 13.4. The summed E-state index contributed by atoms with van der Waals surface area (Å²) < 4.78 is 5.44. The number of hydrogen-bond donors (Lipinski definition) is 3. The van der Waals surface area contributed by atoms with Gasteiger partial charge in [0, 0.05) is 17.0 Å². The quantitative estimate of drug-likeness (QED) is 0.700. The number of amides is 2. The largest absolute Gasteiger partial charge is 0.466 e. The molecule has 0 aliphatic rings. The average molecular weight is 348 g/mol. The number of aryl methyl sites for hydroxylation is 2. The van der Waals surface area contributed by atoms with Gasteiger partial charge in [-0.1, -0.05) is 12.1 Å². The first-order valence-electron chi connectivity index (χ1n) is 7.76. The molecule has 0 radical (unpaired) electrons. The number of carbonyl (C=O) groups excluding carboxylic acids is 1. The van der Waals surface area contributed by atoms with Crippen molar-refractivity contribution < 1.29 is 14.3 Å². The molecule has 1 heterocycles. The summed E-state index contributed by atoms with van der Waals surface area (Å²) in [5.74, 6) is 1.40. The van der Waals surface area contributed by atoms with E-state index in [-0.39, 0.29) is 12.6 Å². The van der Waals surface area contributed by atoms with Gasteiger partial charge in [0.15, 0.2) is 0 Å². The maximum Gasteiger partial charge on any atom is 0.315 e. The van der Waals surface area contributed by atoms with Crippen LogP contribution in [0.5, 0.6) is 0 Å². The van der Waals surface area contributed by atoms with Gasteiger partial charge in [0.25, 0.3) is 0 Å². The second-order valence-corrected chi connectivity index (χ2v) is 6.86. The third-order valence-corrected chi connectivity index (χ3v) is 4.57. The Labute approximate surface area is 146 Å². The minimum Gasteiger partial charge on any atom is -0.466 e. The molecular weight excluding hydrogens is 324 g/mol. The van der Waals surface area contributed by atoms with Gasteiger partial charge in [0.2, 0.25) is 0 Å². The number of furan rings is 1. The summed E-state index contributed by atoms with van der Waals surface area (Å²) in [6, 6.07) is 9.49. The van der Waals surface area contributed by atoms with Gasteiger partial charge >= 0.3 is 6.03 Å². The van der Waals surface area contributed by atoms with Crippen molar-refractivity contribution in [3.63, 3.8) is 0 Å². The lowest BCUT2D eigenvalue weighted by atomic mass is 9.96. The van der Waals surface area contributed by atoms with Crippen molar-refractivity contribution in [2.75, 3.05) is 12.8 Å². The van der Waals surface area contributed by atoms with Crippen molar-refractivity contribution in [3.05, 3.63) is 53.0 Å². The highest BCUT2D eigenvalue weighted by molar-refractivity contribution is 7.98. The predicted molar refractivity (Wildman–Crippen MR) is 96.2 cm³/mol. The Kier molecular flexibility index (Phi) is 5.96. The first-order valence-corrected chi connectivity index (χ1v) is 8.99. The third kappa shape index (κ3) is 4.79. The fraction of sp³-hybridized carbons (Fsp3) is 0.389. The molecule has 3 N–H and O–H groups in total. The summed E-state index contributed by atoms with van der Waals surface area (Å²) in [5, 5.41) is 16.1. The molecule has 2 rings (SSSR count). The van der Waals surface area contributed by atoms with Gasteiger partial charge in [-0.15, -0.1) is 11.8 Å². The molecule has 0 aliphatic heterocycles. The van der Waals surface area contributed by atoms with Crippen LogP contribution in [0.4, 0.5) is 4.79 Å². The van der Waals surface area contributed by atoms with Crippen LogP contribution in [0.25, 0.3) is 0 Å². The molecule has 5 nitrogen and oxygen atoms in total. The Hall–Kier alpha value is -1.92. The summed E-state index contributed by atoms with van der Waals surface area (Å²) in [6.07, 6.45) is 2.02. The van der Waals surface area contributed by atoms with Gasteiger partial charge < -0.3 is 20.2 Å². The van der Waals surface area contributed by atoms with E-state index in [9.17, 15) is 9.90 Å². The zero-order valence-corrected chi connectivity index (χ0v) is 15.3. The number of aliphatic hydroxyl groups is 1. The Balaban J connectivity index is 1.84. The molecule has 2 amide bonds. The standard InChI is InChI=1S/C18H24N2O3S/c1-12-9-16(13(2)23-12)18(3,22)11-20-17(21)19-10-14-5-7-15(24-4)8-6-14/h5-9,22H,10-11H2,1-4H3,(H2,19,20,21). The van der Waals surface area contributed by atoms with Crippen molar-refractivity contribution in [1.29, 1.82) is 0 Å². The lowest BCUT2D eigenvalue weighted by molar-refractivity contribution is 0.0579. The molecule has 0 bridgehead atoms. The molecule has 1 atom stereocenters. The van der Waals surface area contributed by atoms with Crippen LogP contribution in [0, 0.1) is 13.8 Å². The molecule has 2 aromatic rings. The first kappa shape index (κ1) is 18.4. The fourth-order valence-electron chi connectivity index (χ4n) is 2.50. The lowest BCUT2D eigenvalue weighted by Gasteiger charge is -2.23. The number of urea groups is 1. The molecule has 0 saturated heterocycles. The van der Waals surface area contributed by atoms with Gasteiger partial charge in [-0.3, -0.25) is 0 Å². The van der Waals surface area contributed by atoms with E-state index in [0.29, 0.717) is 17.9 Å². The molecule has 0 aliphatic carbocycles. The molecule has 1 aromatic heterocycles. The van der Waals surface area contributed by atoms with E-state index in [2.05, 4.69) is 10.6 Å². The molecule has 0 spiro atoms. The Morgan fingerprint density at radius 3 is 2.46 bits per heavy atom. The smallest absolute Gasteiger partial charge is 0.315 e. The number of nitrogens with one attached hydrogen (secondary N) is 2. The number of carbonyl (C=O) groups is 1. The number of benzene rings is 1. The summed E-state index contributed by atoms with van der Waals surface area (Å²) in [7, 11) is 0. The maximum absolute atomic E-state index is 11.9. The van der Waals surface area contributed by atoms with E-state index in [4.69, 9.17) is 4.42 Å². The number of thioether (sulfide) groups is 1. The average Bonchev–Trinajstić information content (AvgIpc) is 2.91. The van der Waals surface area contributed by atoms with E-state index in [1.165, 1.54) is 4.90 Å². The van der Waals surface area contributed by atoms with Crippen molar-refractivity contribution in [1.82, 2.24) is 10.6 Å². The Morgan fingerprint density at radius 2 is 1.92 bits per heavy atom. The zero-order chi connectivity index (χ0) is 17.7. The monoisotopic (exact) mass is 348 g/mol. The van der Waals surface area contributed by atoms with Gasteiger partial charge in [0.05, 0.1) is 6.54 Å². The van der Waals surface area contributed by atoms with Crippen LogP contribution in [-0.4, -0.2) is 23.9 Å². The van der Waals surface area contributed by atoms with Gasteiger partial charge in [-0.2, -0.15) is 0 Å². The molecule has 0 saturated carbocycles. The van der Waals surface area contributed by atoms with Crippen LogP contribution in [0.15, 0.2) is 39.6 Å². The number of hydrogen-bond acceptors (Lipinski definition) is 4. The maximum atomic E-state index is 11.9. The minimum absolute atomic E-state index is 0.101. The van der Waals surface area contributed by atoms with Crippen LogP contribution >= 0.6 is 11.8 Å². The highest BCUT2D eigenvalue weighted by atomic mass is 32.2. The molecule has 130 valence electrons. The second-order valence-electron chi connectivity index (χ2n) is 5.99. The van der Waals surface area contributed by atoms with Gasteiger partial charge in [-0.05, 0) is 50.8 Å². The van der Waals surface area contributed by atoms with Crippen LogP contribution in [0.1, 0.15) is 29.6 Å². The Morgan fingerprint density at radius 1 is 1.25 bits per heavy atom. The van der Waals surface area contributed by atoms with Crippen LogP contribution in [-0.2, 0) is 12.1 Å². The van der Waals surface area contributed by atoms with Crippen molar-refractivity contribution in [2.24, 2.45) is 0 Å². The summed E-state index contributed by atoms with van der Waals surface area (Å²) in [6.45, 7) is 5.83. The SMILES string of the molecule is CSc1ccc(CNC(=O)NCC(C)(O)c2cc(C)oc2C)cc1. The first-order chi connectivity index (χ1) is 11.3. The highest BCUT2D eigenvalue weighted by Gasteiger charge is 2.28. The lowest BCUT2D eigenvalue weighted by Crippen LogP contribution is -2.43. The number of rotatable bonds is 6. The molecular formula is C18H24N2O3S. The van der Waals surface area contributed by atoms with Gasteiger partial charge in [-0.25, -0.2) is 4.79 Å². The van der Waals surface area contributed by atoms with Crippen LogP contribution in [0.3, 0.4) is 0 Å². The molecule has 6 heteroatoms. The second kappa shape index (κ2) is 7.77. The van der Waals surface area contributed by atoms with Crippen LogP contribution in [0.2, 0.25) is 0 Å². The topological polar surface area (TPSA) is 74.5 Å². The fourth-order valence-corrected chi connectivity index (χ4v) is 2.91. The Bertz CT molecular complexity index is 693. The minimum atomic E-state index is -1.18. The van der Waals surface area contributed by atoms with Gasteiger partial charge in [0.1, 0.15) is 17.1 Å². The zero-order valence-electron chi connectivity index (χ0n) is 14.5. The molecule has 1 unspecified atom stereocenters. The van der Waals surface area contributed by atoms with E-state index >= 15 is 0 Å². The third-order valence-electron chi connectivity index (χ3n) is 3.83. The van der Waals surface area contributed by atoms with E-state index < -0.39 is 5.60 Å². The van der Waals surface area contributed by atoms with Crippen molar-refractivity contribution in [2.45, 2.75) is 37.8 Å². The molecule has 1 aromatic carbocycles. The highest BCUT2D eigenvalue weighted by Crippen LogP contribution is 2.26. The van der Waals surface area contributed by atoms with E-state index in [1.54, 1.807) is 31.7 Å². The summed E-state index contributed by atoms with van der Waals surface area (Å²) in [4.78, 5) is 13.1.